The van der Waals surface area contributed by atoms with Crippen LogP contribution in [-0.2, 0) is 0 Å². The number of fused-ring (bicyclic) bond motifs is 1. The number of carbonyl (C=O) groups is 2. The summed E-state index contributed by atoms with van der Waals surface area (Å²) in [5.41, 5.74) is 37.1. The molecular formula is C48H50N16O2. The molecule has 334 valence electrons. The minimum Gasteiger partial charge on any atom is -0.369 e. The van der Waals surface area contributed by atoms with Gasteiger partial charge in [0.15, 0.2) is 0 Å². The van der Waals surface area contributed by atoms with Crippen LogP contribution in [0.15, 0.2) is 142 Å². The summed E-state index contributed by atoms with van der Waals surface area (Å²) in [4.78, 5) is 27.2. The lowest BCUT2D eigenvalue weighted by molar-refractivity contribution is 0.101. The molecule has 0 fully saturated rings. The number of rotatable bonds is 14. The van der Waals surface area contributed by atoms with E-state index in [1.807, 2.05) is 55.5 Å². The molecule has 0 aliphatic heterocycles. The van der Waals surface area contributed by atoms with E-state index in [1.54, 1.807) is 76.3 Å². The van der Waals surface area contributed by atoms with E-state index in [-0.39, 0.29) is 29.7 Å². The number of amides is 2. The van der Waals surface area contributed by atoms with Crippen LogP contribution in [0.1, 0.15) is 70.7 Å². The lowest BCUT2D eigenvalue weighted by Gasteiger charge is -2.14. The zero-order chi connectivity index (χ0) is 47.5. The molecule has 2 amide bonds. The van der Waals surface area contributed by atoms with Gasteiger partial charge in [-0.3, -0.25) is 25.8 Å². The number of guanidine groups is 3. The van der Waals surface area contributed by atoms with E-state index in [9.17, 15) is 9.59 Å². The van der Waals surface area contributed by atoms with Crippen LogP contribution in [0.2, 0.25) is 0 Å². The van der Waals surface area contributed by atoms with Crippen LogP contribution in [0.4, 0.5) is 11.4 Å². The molecule has 15 N–H and O–H groups in total. The van der Waals surface area contributed by atoms with Gasteiger partial charge in [-0.15, -0.1) is 0 Å². The molecule has 0 atom stereocenters. The Morgan fingerprint density at radius 2 is 0.758 bits per heavy atom. The highest BCUT2D eigenvalue weighted by atomic mass is 16.2. The van der Waals surface area contributed by atoms with E-state index >= 15 is 0 Å². The highest BCUT2D eigenvalue weighted by Gasteiger charge is 2.16. The number of hydrazone groups is 4. The molecule has 6 rings (SSSR count). The highest BCUT2D eigenvalue weighted by Crippen LogP contribution is 2.36. The van der Waals surface area contributed by atoms with Crippen molar-refractivity contribution >= 4 is 74.7 Å². The topological polar surface area (TPSA) is 305 Å². The molecule has 6 aromatic rings. The van der Waals surface area contributed by atoms with Gasteiger partial charge in [0.05, 0.1) is 22.8 Å². The van der Waals surface area contributed by atoms with E-state index < -0.39 is 0 Å². The molecule has 0 unspecified atom stereocenters. The van der Waals surface area contributed by atoms with Gasteiger partial charge in [0, 0.05) is 51.8 Å². The lowest BCUT2D eigenvalue weighted by atomic mass is 9.91. The number of nitrogens with two attached hydrogens (primary N) is 3. The molecule has 66 heavy (non-hydrogen) atoms. The predicted molar refractivity (Wildman–Crippen MR) is 267 cm³/mol. The maximum Gasteiger partial charge on any atom is 0.255 e. The van der Waals surface area contributed by atoms with Gasteiger partial charge in [0.1, 0.15) is 0 Å². The maximum absolute atomic E-state index is 13.6. The Morgan fingerprint density at radius 1 is 0.439 bits per heavy atom. The summed E-state index contributed by atoms with van der Waals surface area (Å²) in [6.07, 6.45) is 0. The Morgan fingerprint density at radius 3 is 1.06 bits per heavy atom. The van der Waals surface area contributed by atoms with E-state index in [1.165, 1.54) is 0 Å². The molecule has 0 radical (unpaired) electrons. The summed E-state index contributed by atoms with van der Waals surface area (Å²) in [6.45, 7) is 7.07. The van der Waals surface area contributed by atoms with Crippen molar-refractivity contribution in [3.05, 3.63) is 155 Å². The zero-order valence-corrected chi connectivity index (χ0v) is 36.9. The monoisotopic (exact) mass is 882 g/mol. The molecule has 0 heterocycles. The second kappa shape index (κ2) is 20.8. The summed E-state index contributed by atoms with van der Waals surface area (Å²) in [5.74, 6) is -1.59. The minimum atomic E-state index is -0.342. The highest BCUT2D eigenvalue weighted by molar-refractivity contribution is 6.11. The second-order valence-electron chi connectivity index (χ2n) is 15.0. The fourth-order valence-electron chi connectivity index (χ4n) is 6.90. The number of nitrogens with zero attached hydrogens (tertiary/aromatic N) is 4. The first-order chi connectivity index (χ1) is 31.6. The maximum atomic E-state index is 13.6. The van der Waals surface area contributed by atoms with Crippen molar-refractivity contribution < 1.29 is 9.59 Å². The molecule has 18 heteroatoms. The number of carbonyl (C=O) groups excluding carboxylic acids is 2. The second-order valence-corrected chi connectivity index (χ2v) is 15.0. The van der Waals surface area contributed by atoms with E-state index in [0.717, 1.165) is 38.6 Å². The summed E-state index contributed by atoms with van der Waals surface area (Å²) in [7, 11) is 1.71. The number of hydrogen-bond acceptors (Lipinski definition) is 10. The number of anilines is 2. The van der Waals surface area contributed by atoms with Gasteiger partial charge in [-0.25, -0.2) is 16.3 Å². The average molecular weight is 883 g/mol. The van der Waals surface area contributed by atoms with Gasteiger partial charge in [0.2, 0.25) is 17.9 Å². The van der Waals surface area contributed by atoms with Crippen molar-refractivity contribution in [1.29, 1.82) is 16.2 Å². The molecule has 0 bridgehead atoms. The summed E-state index contributed by atoms with van der Waals surface area (Å²) < 4.78 is 0. The Kier molecular flexibility index (Phi) is 14.6. The van der Waals surface area contributed by atoms with Gasteiger partial charge in [-0.1, -0.05) is 60.7 Å². The first-order valence-corrected chi connectivity index (χ1v) is 20.4. The Balaban J connectivity index is 1.22. The quantitative estimate of drug-likeness (QED) is 0.0334. The van der Waals surface area contributed by atoms with Crippen LogP contribution in [0.3, 0.4) is 0 Å². The van der Waals surface area contributed by atoms with Gasteiger partial charge >= 0.3 is 0 Å². The van der Waals surface area contributed by atoms with E-state index in [2.05, 4.69) is 77.0 Å². The van der Waals surface area contributed by atoms with Crippen LogP contribution in [-0.4, -0.2) is 59.6 Å². The first kappa shape index (κ1) is 46.3. The van der Waals surface area contributed by atoms with Gasteiger partial charge in [0.25, 0.3) is 11.8 Å². The zero-order valence-electron chi connectivity index (χ0n) is 36.9. The third-order valence-corrected chi connectivity index (χ3v) is 10.2. The Labute approximate surface area is 381 Å². The average Bonchev–Trinajstić information content (AvgIpc) is 3.31. The fourth-order valence-corrected chi connectivity index (χ4v) is 6.90. The summed E-state index contributed by atoms with van der Waals surface area (Å²) in [5, 5.41) is 47.1. The van der Waals surface area contributed by atoms with Crippen LogP contribution in [0, 0.1) is 16.2 Å². The van der Waals surface area contributed by atoms with Crippen molar-refractivity contribution in [3.63, 3.8) is 0 Å². The van der Waals surface area contributed by atoms with Gasteiger partial charge in [-0.05, 0) is 121 Å². The third-order valence-electron chi connectivity index (χ3n) is 10.2. The van der Waals surface area contributed by atoms with Crippen molar-refractivity contribution in [3.8, 4) is 22.3 Å². The summed E-state index contributed by atoms with van der Waals surface area (Å²) >= 11 is 0. The van der Waals surface area contributed by atoms with Crippen LogP contribution in [0.5, 0.6) is 0 Å². The molecule has 0 aliphatic carbocycles. The molecule has 0 spiro atoms. The molecule has 0 aliphatic rings. The molecule has 0 saturated heterocycles. The molecule has 18 nitrogen and oxygen atoms in total. The van der Waals surface area contributed by atoms with Crippen molar-refractivity contribution in [2.75, 3.05) is 17.7 Å². The van der Waals surface area contributed by atoms with Crippen LogP contribution >= 0.6 is 0 Å². The smallest absolute Gasteiger partial charge is 0.255 e. The van der Waals surface area contributed by atoms with Gasteiger partial charge in [-0.2, -0.15) is 20.4 Å². The fraction of sp³-hybridized carbons (Fsp3) is 0.104. The largest absolute Gasteiger partial charge is 0.369 e. The molecule has 0 saturated carbocycles. The third kappa shape index (κ3) is 11.6. The minimum absolute atomic E-state index is 0.294. The standard InChI is InChI=1S/C48H50N16O2/c1-26(58-55-5)34-20-35(27(2)59-62-46(49)50)23-38(22-34)56-44(65)32-14-10-30(11-15-32)40-18-19-41(43-9-7-6-8-42(40)43)31-12-16-33(17-13-31)45(66)57-39-24-36(28(3)60-63-47(51)52)21-37(25-39)29(4)61-64-48(53)54/h6-25,55H,1-5H3,(H,56,65)(H,57,66)(H4,49,50,62)(H4,51,52,63)(H4,53,54,64)/b58-26-,59-27+,60-28-,61-29-. The van der Waals surface area contributed by atoms with Crippen LogP contribution in [0.25, 0.3) is 33.0 Å². The van der Waals surface area contributed by atoms with Crippen LogP contribution < -0.4 is 49.5 Å². The number of hydrogen-bond donors (Lipinski definition) is 12. The molecular weight excluding hydrogens is 833 g/mol. The number of nitrogens with one attached hydrogen (secondary N) is 9. The predicted octanol–water partition coefficient (Wildman–Crippen LogP) is 6.24. The molecule has 6 aromatic carbocycles. The van der Waals surface area contributed by atoms with Gasteiger partial charge < -0.3 is 33.3 Å². The van der Waals surface area contributed by atoms with Crippen molar-refractivity contribution in [1.82, 2.24) is 21.7 Å². The van der Waals surface area contributed by atoms with Crippen molar-refractivity contribution in [2.24, 2.45) is 37.6 Å². The lowest BCUT2D eigenvalue weighted by Crippen LogP contribution is -2.27. The summed E-state index contributed by atoms with van der Waals surface area (Å²) in [6, 6.07) is 37.8. The number of benzene rings is 6. The van der Waals surface area contributed by atoms with E-state index in [4.69, 9.17) is 33.4 Å². The molecule has 0 aromatic heterocycles. The van der Waals surface area contributed by atoms with E-state index in [0.29, 0.717) is 62.0 Å². The normalized spacial score (nSPS) is 12.0. The van der Waals surface area contributed by atoms with Crippen molar-refractivity contribution in [2.45, 2.75) is 27.7 Å². The Hall–Kier alpha value is -9.19. The first-order valence-electron chi connectivity index (χ1n) is 20.4. The SMILES string of the molecule is CN/N=C(/C)c1cc(NC(=O)c2ccc(-c3ccc(-c4ccc(C(=O)Nc5cc(/C(C)=N\NC(=N)N)cc(/C(C)=N\NC(=N)N)c5)cc4)c4ccccc34)cc2)cc(/C(C)=N/NC(=N)N)c1. The Bertz CT molecular complexity index is 2940.